The molecule has 1 amide bonds. The highest BCUT2D eigenvalue weighted by Gasteiger charge is 2.18. The third-order valence-corrected chi connectivity index (χ3v) is 1.35. The van der Waals surface area contributed by atoms with Gasteiger partial charge in [0, 0.05) is 20.1 Å². The zero-order valence-electron chi connectivity index (χ0n) is 9.16. The number of carbonyl (C=O) groups is 1. The number of hydrogen-bond donors (Lipinski definition) is 2. The third-order valence-electron chi connectivity index (χ3n) is 1.35. The van der Waals surface area contributed by atoms with Crippen LogP contribution in [0.5, 0.6) is 0 Å². The van der Waals surface area contributed by atoms with E-state index in [1.807, 2.05) is 0 Å². The molecule has 0 saturated heterocycles. The second-order valence-electron chi connectivity index (χ2n) is 3.88. The fourth-order valence-electron chi connectivity index (χ4n) is 0.805. The van der Waals surface area contributed by atoms with Gasteiger partial charge in [0.25, 0.3) is 0 Å². The van der Waals surface area contributed by atoms with Crippen molar-refractivity contribution in [3.05, 3.63) is 0 Å². The number of methoxy groups -OCH3 is 1. The molecule has 0 heterocycles. The molecule has 0 aromatic rings. The largest absolute Gasteiger partial charge is 0.444 e. The van der Waals surface area contributed by atoms with Crippen LogP contribution in [0, 0.1) is 0 Å². The van der Waals surface area contributed by atoms with Gasteiger partial charge >= 0.3 is 6.09 Å². The number of amides is 1. The lowest BCUT2D eigenvalue weighted by Crippen LogP contribution is -2.40. The van der Waals surface area contributed by atoms with Crippen molar-refractivity contribution >= 4 is 6.09 Å². The van der Waals surface area contributed by atoms with E-state index in [9.17, 15) is 4.79 Å². The summed E-state index contributed by atoms with van der Waals surface area (Å²) in [5.41, 5.74) is -0.526. The molecule has 1 unspecified atom stereocenters. The molecule has 0 aromatic heterocycles. The average Bonchev–Trinajstić information content (AvgIpc) is 2.00. The molecule has 0 aliphatic carbocycles. The average molecular weight is 205 g/mol. The molecule has 0 aromatic carbocycles. The Morgan fingerprint density at radius 2 is 2.07 bits per heavy atom. The maximum Gasteiger partial charge on any atom is 0.409 e. The Hall–Kier alpha value is -0.810. The van der Waals surface area contributed by atoms with Crippen molar-refractivity contribution in [3.63, 3.8) is 0 Å². The summed E-state index contributed by atoms with van der Waals surface area (Å²) >= 11 is 0. The number of hydrogen-bond acceptors (Lipinski definition) is 4. The summed E-state index contributed by atoms with van der Waals surface area (Å²) in [6.07, 6.45) is -0.705. The highest BCUT2D eigenvalue weighted by Crippen LogP contribution is 2.07. The molecule has 5 heteroatoms. The van der Waals surface area contributed by atoms with Gasteiger partial charge in [-0.3, -0.25) is 5.32 Å². The minimum atomic E-state index is -0.544. The van der Waals surface area contributed by atoms with Crippen LogP contribution in [0.25, 0.3) is 0 Å². The van der Waals surface area contributed by atoms with E-state index < -0.39 is 17.9 Å². The summed E-state index contributed by atoms with van der Waals surface area (Å²) < 4.78 is 9.91. The molecule has 0 radical (unpaired) electrons. The van der Waals surface area contributed by atoms with Crippen molar-refractivity contribution in [2.45, 2.75) is 39.0 Å². The van der Waals surface area contributed by atoms with Crippen molar-refractivity contribution in [1.82, 2.24) is 5.32 Å². The highest BCUT2D eigenvalue weighted by atomic mass is 16.6. The minimum absolute atomic E-state index is 0.0473. The van der Waals surface area contributed by atoms with Crippen LogP contribution in [0.2, 0.25) is 0 Å². The fourth-order valence-corrected chi connectivity index (χ4v) is 0.805. The van der Waals surface area contributed by atoms with E-state index in [2.05, 4.69) is 5.32 Å². The van der Waals surface area contributed by atoms with Gasteiger partial charge in [0.05, 0.1) is 0 Å². The van der Waals surface area contributed by atoms with E-state index in [1.54, 1.807) is 20.8 Å². The number of rotatable bonds is 4. The molecule has 0 aliphatic rings. The Morgan fingerprint density at radius 3 is 2.43 bits per heavy atom. The van der Waals surface area contributed by atoms with Crippen LogP contribution >= 0.6 is 0 Å². The van der Waals surface area contributed by atoms with Crippen LogP contribution in [0.4, 0.5) is 4.79 Å². The van der Waals surface area contributed by atoms with E-state index >= 15 is 0 Å². The Kier molecular flexibility index (Phi) is 5.49. The molecule has 2 N–H and O–H groups in total. The standard InChI is InChI=1S/C9H19NO4/c1-9(2,3)14-8(12)10-7(13-4)5-6-11/h7,11H,5-6H2,1-4H3,(H,10,12). The molecule has 14 heavy (non-hydrogen) atoms. The fraction of sp³-hybridized carbons (Fsp3) is 0.889. The molecule has 0 bridgehead atoms. The van der Waals surface area contributed by atoms with Gasteiger partial charge in [0.2, 0.25) is 0 Å². The van der Waals surface area contributed by atoms with Crippen molar-refractivity contribution in [2.24, 2.45) is 0 Å². The third kappa shape index (κ3) is 6.68. The first-order valence-corrected chi connectivity index (χ1v) is 4.52. The summed E-state index contributed by atoms with van der Waals surface area (Å²) in [4.78, 5) is 11.2. The SMILES string of the molecule is COC(CCO)NC(=O)OC(C)(C)C. The Balaban J connectivity index is 3.91. The van der Waals surface area contributed by atoms with Crippen molar-refractivity contribution in [3.8, 4) is 0 Å². The van der Waals surface area contributed by atoms with E-state index in [4.69, 9.17) is 14.6 Å². The summed E-state index contributed by atoms with van der Waals surface area (Å²) in [6.45, 7) is 5.29. The predicted molar refractivity (Wildman–Crippen MR) is 51.9 cm³/mol. The van der Waals surface area contributed by atoms with Crippen LogP contribution < -0.4 is 5.32 Å². The number of alkyl carbamates (subject to hydrolysis) is 1. The maximum absolute atomic E-state index is 11.2. The summed E-state index contributed by atoms with van der Waals surface area (Å²) in [7, 11) is 1.46. The molecule has 0 fully saturated rings. The van der Waals surface area contributed by atoms with Gasteiger partial charge in [-0.25, -0.2) is 4.79 Å². The first-order chi connectivity index (χ1) is 6.39. The number of aliphatic hydroxyl groups is 1. The molecular weight excluding hydrogens is 186 g/mol. The zero-order valence-corrected chi connectivity index (χ0v) is 9.16. The summed E-state index contributed by atoms with van der Waals surface area (Å²) in [5, 5.41) is 11.1. The lowest BCUT2D eigenvalue weighted by atomic mass is 10.2. The number of carbonyl (C=O) groups excluding carboxylic acids is 1. The van der Waals surface area contributed by atoms with Crippen LogP contribution in [0.3, 0.4) is 0 Å². The van der Waals surface area contributed by atoms with E-state index in [-0.39, 0.29) is 6.61 Å². The van der Waals surface area contributed by atoms with Crippen LogP contribution in [0.1, 0.15) is 27.2 Å². The number of ether oxygens (including phenoxy) is 2. The molecule has 0 saturated carbocycles. The predicted octanol–water partition coefficient (Wildman–Crippen LogP) is 0.866. The summed E-state index contributed by atoms with van der Waals surface area (Å²) in [6, 6.07) is 0. The molecule has 0 spiro atoms. The second kappa shape index (κ2) is 5.82. The van der Waals surface area contributed by atoms with Crippen LogP contribution in [0.15, 0.2) is 0 Å². The molecular formula is C9H19NO4. The molecule has 0 rings (SSSR count). The number of aliphatic hydroxyl groups excluding tert-OH is 1. The second-order valence-corrected chi connectivity index (χ2v) is 3.88. The Labute approximate surface area is 84.4 Å². The number of nitrogens with one attached hydrogen (secondary N) is 1. The van der Waals surface area contributed by atoms with Gasteiger partial charge < -0.3 is 14.6 Å². The van der Waals surface area contributed by atoms with E-state index in [1.165, 1.54) is 7.11 Å². The maximum atomic E-state index is 11.2. The Morgan fingerprint density at radius 1 is 1.50 bits per heavy atom. The zero-order chi connectivity index (χ0) is 11.2. The first-order valence-electron chi connectivity index (χ1n) is 4.52. The van der Waals surface area contributed by atoms with Gasteiger partial charge in [-0.05, 0) is 20.8 Å². The summed E-state index contributed by atoms with van der Waals surface area (Å²) in [5.74, 6) is 0. The smallest absolute Gasteiger partial charge is 0.409 e. The lowest BCUT2D eigenvalue weighted by molar-refractivity contribution is 0.0165. The molecule has 1 atom stereocenters. The minimum Gasteiger partial charge on any atom is -0.444 e. The first kappa shape index (κ1) is 13.2. The molecule has 84 valence electrons. The van der Waals surface area contributed by atoms with E-state index in [0.717, 1.165) is 0 Å². The normalized spacial score (nSPS) is 13.5. The molecule has 0 aliphatic heterocycles. The van der Waals surface area contributed by atoms with Crippen molar-refractivity contribution in [1.29, 1.82) is 0 Å². The Bertz CT molecular complexity index is 176. The van der Waals surface area contributed by atoms with Gasteiger partial charge in [-0.15, -0.1) is 0 Å². The quantitative estimate of drug-likeness (QED) is 0.668. The van der Waals surface area contributed by atoms with Gasteiger partial charge in [0.1, 0.15) is 11.8 Å². The lowest BCUT2D eigenvalue weighted by Gasteiger charge is -2.22. The topological polar surface area (TPSA) is 67.8 Å². The molecule has 5 nitrogen and oxygen atoms in total. The van der Waals surface area contributed by atoms with Crippen molar-refractivity contribution in [2.75, 3.05) is 13.7 Å². The van der Waals surface area contributed by atoms with Crippen LogP contribution in [-0.4, -0.2) is 36.7 Å². The van der Waals surface area contributed by atoms with Crippen LogP contribution in [-0.2, 0) is 9.47 Å². The highest BCUT2D eigenvalue weighted by molar-refractivity contribution is 5.67. The van der Waals surface area contributed by atoms with E-state index in [0.29, 0.717) is 6.42 Å². The van der Waals surface area contributed by atoms with Crippen molar-refractivity contribution < 1.29 is 19.4 Å². The van der Waals surface area contributed by atoms with Gasteiger partial charge in [-0.1, -0.05) is 0 Å². The monoisotopic (exact) mass is 205 g/mol. The van der Waals surface area contributed by atoms with Gasteiger partial charge in [-0.2, -0.15) is 0 Å². The van der Waals surface area contributed by atoms with Gasteiger partial charge in [0.15, 0.2) is 0 Å².